The van der Waals surface area contributed by atoms with E-state index >= 15 is 0 Å². The number of aryl methyl sites for hydroxylation is 1. The van der Waals surface area contributed by atoms with Gasteiger partial charge in [0.05, 0.1) is 12.7 Å². The van der Waals surface area contributed by atoms with E-state index in [9.17, 15) is 18.0 Å². The van der Waals surface area contributed by atoms with Crippen molar-refractivity contribution in [3.8, 4) is 11.4 Å². The van der Waals surface area contributed by atoms with Crippen molar-refractivity contribution in [3.63, 3.8) is 0 Å². The number of alkyl halides is 3. The number of pyridine rings is 1. The van der Waals surface area contributed by atoms with Crippen molar-refractivity contribution in [2.45, 2.75) is 51.2 Å². The van der Waals surface area contributed by atoms with Crippen molar-refractivity contribution in [3.05, 3.63) is 65.6 Å². The van der Waals surface area contributed by atoms with Crippen LogP contribution in [0.15, 0.2) is 48.8 Å². The molecule has 5 nitrogen and oxygen atoms in total. The summed E-state index contributed by atoms with van der Waals surface area (Å²) >= 11 is 0. The summed E-state index contributed by atoms with van der Waals surface area (Å²) in [5.74, 6) is 0.904. The smallest absolute Gasteiger partial charge is 0.384 e. The van der Waals surface area contributed by atoms with Crippen molar-refractivity contribution in [2.75, 3.05) is 5.73 Å². The Labute approximate surface area is 179 Å². The lowest BCUT2D eigenvalue weighted by molar-refractivity contribution is -0.141. The average Bonchev–Trinajstić information content (AvgIpc) is 3.11. The number of halogens is 3. The second-order valence-corrected chi connectivity index (χ2v) is 7.41. The molecule has 0 atom stereocenters. The lowest BCUT2D eigenvalue weighted by Crippen LogP contribution is -2.10. The molecule has 0 spiro atoms. The number of hydrogen-bond donors (Lipinski definition) is 1. The number of aromatic nitrogens is 3. The summed E-state index contributed by atoms with van der Waals surface area (Å²) in [7, 11) is 0. The van der Waals surface area contributed by atoms with Crippen LogP contribution in [0.4, 0.5) is 19.0 Å². The number of imidazole rings is 1. The van der Waals surface area contributed by atoms with Crippen LogP contribution in [0.25, 0.3) is 11.4 Å². The zero-order valence-electron chi connectivity index (χ0n) is 17.1. The third kappa shape index (κ3) is 5.93. The molecule has 2 heterocycles. The van der Waals surface area contributed by atoms with Crippen LogP contribution in [0.5, 0.6) is 0 Å². The number of carbonyl (C=O) groups excluding carboxylic acids is 1. The van der Waals surface area contributed by atoms with Gasteiger partial charge < -0.3 is 15.1 Å². The number of benzene rings is 1. The van der Waals surface area contributed by atoms with Crippen molar-refractivity contribution >= 4 is 12.1 Å². The maximum Gasteiger partial charge on any atom is 0.433 e. The average molecular weight is 430 g/mol. The Bertz CT molecular complexity index is 997. The predicted octanol–water partition coefficient (Wildman–Crippen LogP) is 5.29. The molecule has 0 fully saturated rings. The van der Waals surface area contributed by atoms with Crippen LogP contribution in [0, 0.1) is 0 Å². The molecule has 164 valence electrons. The highest BCUT2D eigenvalue weighted by Crippen LogP contribution is 2.29. The number of nitrogen functional groups attached to an aromatic ring is 1. The van der Waals surface area contributed by atoms with E-state index in [1.165, 1.54) is 24.0 Å². The summed E-state index contributed by atoms with van der Waals surface area (Å²) in [6.07, 6.45) is 4.67. The van der Waals surface area contributed by atoms with Gasteiger partial charge in [-0.05, 0) is 42.5 Å². The normalized spacial score (nSPS) is 11.6. The molecule has 0 aliphatic carbocycles. The van der Waals surface area contributed by atoms with Crippen LogP contribution >= 0.6 is 0 Å². The number of nitrogens with two attached hydrogens (primary N) is 1. The van der Waals surface area contributed by atoms with E-state index in [2.05, 4.69) is 16.0 Å². The zero-order chi connectivity index (χ0) is 22.3. The van der Waals surface area contributed by atoms with Gasteiger partial charge in [0.15, 0.2) is 0 Å². The molecular weight excluding hydrogens is 405 g/mol. The zero-order valence-corrected chi connectivity index (χ0v) is 17.1. The van der Waals surface area contributed by atoms with Gasteiger partial charge in [-0.25, -0.2) is 4.98 Å². The number of rotatable bonds is 10. The Morgan fingerprint density at radius 2 is 1.68 bits per heavy atom. The van der Waals surface area contributed by atoms with Crippen LogP contribution in [0.3, 0.4) is 0 Å². The number of unbranched alkanes of at least 4 members (excludes halogenated alkanes) is 4. The first-order valence-corrected chi connectivity index (χ1v) is 10.2. The number of carbonyl (C=O) groups is 1. The predicted molar refractivity (Wildman–Crippen MR) is 113 cm³/mol. The first-order valence-electron chi connectivity index (χ1n) is 10.2. The Hall–Kier alpha value is -3.16. The Morgan fingerprint density at radius 1 is 0.935 bits per heavy atom. The van der Waals surface area contributed by atoms with Gasteiger partial charge in [0.1, 0.15) is 23.6 Å². The molecule has 3 rings (SSSR count). The summed E-state index contributed by atoms with van der Waals surface area (Å²) < 4.78 is 40.2. The van der Waals surface area contributed by atoms with Gasteiger partial charge in [0, 0.05) is 18.2 Å². The quantitative estimate of drug-likeness (QED) is 0.351. The lowest BCUT2D eigenvalue weighted by atomic mass is 10.0. The molecule has 0 unspecified atom stereocenters. The maximum absolute atomic E-state index is 12.8. The Balaban J connectivity index is 1.75. The number of aldehydes is 1. The van der Waals surface area contributed by atoms with E-state index in [0.29, 0.717) is 30.2 Å². The van der Waals surface area contributed by atoms with Crippen LogP contribution in [-0.2, 0) is 23.9 Å². The second kappa shape index (κ2) is 10.2. The largest absolute Gasteiger partial charge is 0.433 e. The number of hydrogen-bond acceptors (Lipinski definition) is 4. The minimum Gasteiger partial charge on any atom is -0.384 e. The van der Waals surface area contributed by atoms with Crippen molar-refractivity contribution in [1.82, 2.24) is 14.5 Å². The van der Waals surface area contributed by atoms with E-state index in [-0.39, 0.29) is 0 Å². The van der Waals surface area contributed by atoms with Gasteiger partial charge in [-0.1, -0.05) is 37.1 Å². The highest BCUT2D eigenvalue weighted by molar-refractivity contribution is 5.58. The van der Waals surface area contributed by atoms with E-state index in [1.807, 2.05) is 18.2 Å². The van der Waals surface area contributed by atoms with Crippen molar-refractivity contribution in [1.29, 1.82) is 0 Å². The standard InChI is InChI=1S/C23H25F3N4O/c24-23(25,26)20-12-11-18(14-28-20)22-29-15-21(27)30(22)16-19-10-6-5-9-17(19)8-4-2-1-3-7-13-31/h5-6,9-15H,1-4,7-8,16,27H2. The molecule has 1 aromatic carbocycles. The molecule has 2 aromatic heterocycles. The van der Waals surface area contributed by atoms with Gasteiger partial charge in [-0.2, -0.15) is 13.2 Å². The fourth-order valence-electron chi connectivity index (χ4n) is 3.50. The minimum absolute atomic E-state index is 0.429. The molecule has 0 bridgehead atoms. The molecule has 8 heteroatoms. The van der Waals surface area contributed by atoms with Crippen molar-refractivity contribution < 1.29 is 18.0 Å². The molecule has 31 heavy (non-hydrogen) atoms. The van der Waals surface area contributed by atoms with Crippen LogP contribution < -0.4 is 5.73 Å². The van der Waals surface area contributed by atoms with E-state index in [0.717, 1.165) is 50.0 Å². The molecule has 0 aliphatic heterocycles. The van der Waals surface area contributed by atoms with Gasteiger partial charge in [-0.3, -0.25) is 4.98 Å². The summed E-state index contributed by atoms with van der Waals surface area (Å²) in [6, 6.07) is 10.4. The molecule has 3 aromatic rings. The summed E-state index contributed by atoms with van der Waals surface area (Å²) in [4.78, 5) is 18.2. The van der Waals surface area contributed by atoms with Gasteiger partial charge in [-0.15, -0.1) is 0 Å². The molecule has 2 N–H and O–H groups in total. The lowest BCUT2D eigenvalue weighted by Gasteiger charge is -2.14. The van der Waals surface area contributed by atoms with Crippen LogP contribution in [0.2, 0.25) is 0 Å². The topological polar surface area (TPSA) is 73.8 Å². The van der Waals surface area contributed by atoms with Gasteiger partial charge in [0.25, 0.3) is 0 Å². The fraction of sp³-hybridized carbons (Fsp3) is 0.348. The summed E-state index contributed by atoms with van der Waals surface area (Å²) in [6.45, 7) is 0.462. The van der Waals surface area contributed by atoms with Crippen LogP contribution in [-0.4, -0.2) is 20.8 Å². The molecule has 0 amide bonds. The van der Waals surface area contributed by atoms with E-state index in [1.54, 1.807) is 4.57 Å². The van der Waals surface area contributed by atoms with Gasteiger partial charge in [0.2, 0.25) is 0 Å². The summed E-state index contributed by atoms with van der Waals surface area (Å²) in [5.41, 5.74) is 7.92. The Kier molecular flexibility index (Phi) is 7.44. The molecule has 0 aliphatic rings. The first-order chi connectivity index (χ1) is 14.9. The second-order valence-electron chi connectivity index (χ2n) is 7.41. The maximum atomic E-state index is 12.8. The third-order valence-electron chi connectivity index (χ3n) is 5.16. The first kappa shape index (κ1) is 22.5. The highest BCUT2D eigenvalue weighted by Gasteiger charge is 2.32. The van der Waals surface area contributed by atoms with E-state index < -0.39 is 11.9 Å². The monoisotopic (exact) mass is 430 g/mol. The van der Waals surface area contributed by atoms with Crippen LogP contribution in [0.1, 0.15) is 48.9 Å². The SMILES string of the molecule is Nc1cnc(-c2ccc(C(F)(F)F)nc2)n1Cc1ccccc1CCCCCCC=O. The van der Waals surface area contributed by atoms with Crippen molar-refractivity contribution in [2.24, 2.45) is 0 Å². The minimum atomic E-state index is -4.49. The number of nitrogens with zero attached hydrogens (tertiary/aromatic N) is 3. The molecule has 0 saturated carbocycles. The van der Waals surface area contributed by atoms with Gasteiger partial charge >= 0.3 is 6.18 Å². The Morgan fingerprint density at radius 3 is 2.35 bits per heavy atom. The molecule has 0 saturated heterocycles. The third-order valence-corrected chi connectivity index (χ3v) is 5.16. The fourth-order valence-corrected chi connectivity index (χ4v) is 3.50. The van der Waals surface area contributed by atoms with E-state index in [4.69, 9.17) is 5.73 Å². The number of anilines is 1. The molecular formula is C23H25F3N4O. The summed E-state index contributed by atoms with van der Waals surface area (Å²) in [5, 5.41) is 0. The molecule has 0 radical (unpaired) electrons. The highest BCUT2D eigenvalue weighted by atomic mass is 19.4.